The molecule has 0 aliphatic heterocycles. The van der Waals surface area contributed by atoms with Gasteiger partial charge in [0.05, 0.1) is 16.1 Å². The monoisotopic (exact) mass is 273 g/mol. The van der Waals surface area contributed by atoms with Crippen LogP contribution in [-0.4, -0.2) is 23.7 Å². The molecule has 0 spiro atoms. The van der Waals surface area contributed by atoms with Gasteiger partial charge < -0.3 is 10.4 Å². The first kappa shape index (κ1) is 12.7. The zero-order valence-corrected chi connectivity index (χ0v) is 10.6. The Bertz CT molecular complexity index is 433. The van der Waals surface area contributed by atoms with E-state index >= 15 is 0 Å². The second kappa shape index (κ2) is 5.25. The van der Waals surface area contributed by atoms with Crippen molar-refractivity contribution in [3.8, 4) is 0 Å². The van der Waals surface area contributed by atoms with Gasteiger partial charge in [0.1, 0.15) is 0 Å². The number of carbonyl (C=O) groups is 1. The summed E-state index contributed by atoms with van der Waals surface area (Å²) in [7, 11) is 0. The van der Waals surface area contributed by atoms with Gasteiger partial charge in [-0.25, -0.2) is 0 Å². The topological polar surface area (TPSA) is 49.3 Å². The highest BCUT2D eigenvalue weighted by Gasteiger charge is 2.29. The molecule has 1 aliphatic rings. The minimum Gasteiger partial charge on any atom is -0.391 e. The molecule has 1 fully saturated rings. The largest absolute Gasteiger partial charge is 0.391 e. The summed E-state index contributed by atoms with van der Waals surface area (Å²) >= 11 is 11.6. The number of nitrogens with one attached hydrogen (secondary N) is 1. The van der Waals surface area contributed by atoms with Gasteiger partial charge in [-0.05, 0) is 37.0 Å². The lowest BCUT2D eigenvalue weighted by atomic mass is 10.2. The third-order valence-corrected chi connectivity index (χ3v) is 3.56. The zero-order chi connectivity index (χ0) is 12.4. The van der Waals surface area contributed by atoms with Crippen molar-refractivity contribution < 1.29 is 9.90 Å². The van der Waals surface area contributed by atoms with Crippen molar-refractivity contribution in [3.05, 3.63) is 33.8 Å². The van der Waals surface area contributed by atoms with Gasteiger partial charge in [0, 0.05) is 12.1 Å². The van der Waals surface area contributed by atoms with Crippen LogP contribution in [0.1, 0.15) is 23.2 Å². The Morgan fingerprint density at radius 1 is 1.41 bits per heavy atom. The Morgan fingerprint density at radius 3 is 2.71 bits per heavy atom. The summed E-state index contributed by atoms with van der Waals surface area (Å²) in [6.07, 6.45) is 1.65. The molecule has 3 nitrogen and oxygen atoms in total. The number of carbonyl (C=O) groups excluding carboxylic acids is 1. The van der Waals surface area contributed by atoms with E-state index in [4.69, 9.17) is 23.2 Å². The van der Waals surface area contributed by atoms with Crippen LogP contribution in [0.25, 0.3) is 0 Å². The van der Waals surface area contributed by atoms with Crippen molar-refractivity contribution in [1.82, 2.24) is 5.32 Å². The van der Waals surface area contributed by atoms with Crippen molar-refractivity contribution in [2.75, 3.05) is 6.54 Å². The van der Waals surface area contributed by atoms with Crippen LogP contribution in [0.5, 0.6) is 0 Å². The molecule has 2 rings (SSSR count). The van der Waals surface area contributed by atoms with Crippen LogP contribution in [0, 0.1) is 5.92 Å². The minimum atomic E-state index is -0.443. The number of benzene rings is 1. The molecule has 92 valence electrons. The van der Waals surface area contributed by atoms with Crippen LogP contribution < -0.4 is 5.32 Å². The van der Waals surface area contributed by atoms with Crippen molar-refractivity contribution in [3.63, 3.8) is 0 Å². The number of rotatable bonds is 4. The van der Waals surface area contributed by atoms with E-state index in [-0.39, 0.29) is 12.5 Å². The number of hydrogen-bond acceptors (Lipinski definition) is 2. The molecule has 0 saturated heterocycles. The maximum Gasteiger partial charge on any atom is 0.251 e. The lowest BCUT2D eigenvalue weighted by Crippen LogP contribution is -2.33. The van der Waals surface area contributed by atoms with Crippen LogP contribution in [0.2, 0.25) is 10.0 Å². The van der Waals surface area contributed by atoms with Crippen LogP contribution in [0.15, 0.2) is 18.2 Å². The smallest absolute Gasteiger partial charge is 0.251 e. The molecule has 1 amide bonds. The lowest BCUT2D eigenvalue weighted by Gasteiger charge is -2.10. The van der Waals surface area contributed by atoms with E-state index in [2.05, 4.69) is 5.32 Å². The van der Waals surface area contributed by atoms with E-state index in [0.717, 1.165) is 12.8 Å². The fraction of sp³-hybridized carbons (Fsp3) is 0.417. The van der Waals surface area contributed by atoms with E-state index in [1.165, 1.54) is 6.07 Å². The molecule has 1 aliphatic carbocycles. The zero-order valence-electron chi connectivity index (χ0n) is 9.12. The van der Waals surface area contributed by atoms with Gasteiger partial charge in [0.15, 0.2) is 0 Å². The van der Waals surface area contributed by atoms with E-state index in [0.29, 0.717) is 21.5 Å². The Kier molecular flexibility index (Phi) is 3.92. The molecule has 1 atom stereocenters. The third-order valence-electron chi connectivity index (χ3n) is 2.82. The van der Waals surface area contributed by atoms with Crippen molar-refractivity contribution in [2.24, 2.45) is 5.92 Å². The molecule has 0 radical (unpaired) electrons. The van der Waals surface area contributed by atoms with E-state index < -0.39 is 6.10 Å². The van der Waals surface area contributed by atoms with Crippen molar-refractivity contribution in [1.29, 1.82) is 0 Å². The highest BCUT2D eigenvalue weighted by atomic mass is 35.5. The molecular formula is C12H13Cl2NO2. The molecule has 1 aromatic rings. The molecule has 5 heteroatoms. The van der Waals surface area contributed by atoms with Crippen LogP contribution >= 0.6 is 23.2 Å². The standard InChI is InChI=1S/C12H13Cl2NO2/c13-9-4-3-8(5-10(9)14)12(17)15-6-11(16)7-1-2-7/h3-5,7,11,16H,1-2,6H2,(H,15,17). The Balaban J connectivity index is 1.92. The Morgan fingerprint density at radius 2 is 2.12 bits per heavy atom. The van der Waals surface area contributed by atoms with Crippen LogP contribution in [0.3, 0.4) is 0 Å². The average Bonchev–Trinajstić information content (AvgIpc) is 3.13. The molecule has 0 bridgehead atoms. The minimum absolute atomic E-state index is 0.247. The summed E-state index contributed by atoms with van der Waals surface area (Å²) in [6, 6.07) is 4.70. The first-order valence-corrected chi connectivity index (χ1v) is 6.25. The fourth-order valence-corrected chi connectivity index (χ4v) is 1.88. The highest BCUT2D eigenvalue weighted by Crippen LogP contribution is 2.32. The van der Waals surface area contributed by atoms with Gasteiger partial charge in [-0.15, -0.1) is 0 Å². The molecule has 0 heterocycles. The molecule has 0 aromatic heterocycles. The first-order chi connectivity index (χ1) is 8.08. The molecule has 1 unspecified atom stereocenters. The molecule has 1 aromatic carbocycles. The fourth-order valence-electron chi connectivity index (χ4n) is 1.58. The van der Waals surface area contributed by atoms with Gasteiger partial charge in [-0.1, -0.05) is 23.2 Å². The normalized spacial score (nSPS) is 16.6. The van der Waals surface area contributed by atoms with Crippen LogP contribution in [0.4, 0.5) is 0 Å². The molecule has 2 N–H and O–H groups in total. The third kappa shape index (κ3) is 3.35. The number of halogens is 2. The van der Waals surface area contributed by atoms with Gasteiger partial charge in [-0.3, -0.25) is 4.79 Å². The van der Waals surface area contributed by atoms with Gasteiger partial charge >= 0.3 is 0 Å². The van der Waals surface area contributed by atoms with Gasteiger partial charge in [0.2, 0.25) is 0 Å². The maximum absolute atomic E-state index is 11.7. The Labute approximate surface area is 110 Å². The van der Waals surface area contributed by atoms with E-state index in [1.807, 2.05) is 0 Å². The number of hydrogen-bond donors (Lipinski definition) is 2. The van der Waals surface area contributed by atoms with E-state index in [1.54, 1.807) is 12.1 Å². The summed E-state index contributed by atoms with van der Waals surface area (Å²) in [6.45, 7) is 0.281. The molecular weight excluding hydrogens is 261 g/mol. The number of amides is 1. The summed E-state index contributed by atoms with van der Waals surface area (Å²) in [4.78, 5) is 11.7. The highest BCUT2D eigenvalue weighted by molar-refractivity contribution is 6.42. The summed E-state index contributed by atoms with van der Waals surface area (Å²) in [5.41, 5.74) is 0.447. The second-order valence-corrected chi connectivity index (χ2v) is 5.06. The van der Waals surface area contributed by atoms with E-state index in [9.17, 15) is 9.90 Å². The average molecular weight is 274 g/mol. The van der Waals surface area contributed by atoms with Gasteiger partial charge in [-0.2, -0.15) is 0 Å². The number of aliphatic hydroxyl groups excluding tert-OH is 1. The number of aliphatic hydroxyl groups is 1. The SMILES string of the molecule is O=C(NCC(O)C1CC1)c1ccc(Cl)c(Cl)c1. The second-order valence-electron chi connectivity index (χ2n) is 4.24. The quantitative estimate of drug-likeness (QED) is 0.886. The first-order valence-electron chi connectivity index (χ1n) is 5.49. The lowest BCUT2D eigenvalue weighted by molar-refractivity contribution is 0.0901. The van der Waals surface area contributed by atoms with Crippen molar-refractivity contribution in [2.45, 2.75) is 18.9 Å². The summed E-state index contributed by atoms with van der Waals surface area (Å²) in [5.74, 6) is 0.104. The summed E-state index contributed by atoms with van der Waals surface area (Å²) < 4.78 is 0. The summed E-state index contributed by atoms with van der Waals surface area (Å²) in [5, 5.41) is 13.1. The molecule has 1 saturated carbocycles. The predicted molar refractivity (Wildman–Crippen MR) is 67.5 cm³/mol. The molecule has 17 heavy (non-hydrogen) atoms. The van der Waals surface area contributed by atoms with Gasteiger partial charge in [0.25, 0.3) is 5.91 Å². The van der Waals surface area contributed by atoms with Crippen molar-refractivity contribution >= 4 is 29.1 Å². The Hall–Kier alpha value is -0.770. The van der Waals surface area contributed by atoms with Crippen LogP contribution in [-0.2, 0) is 0 Å². The maximum atomic E-state index is 11.7. The predicted octanol–water partition coefficient (Wildman–Crippen LogP) is 2.49.